The van der Waals surface area contributed by atoms with Crippen LogP contribution in [0, 0.1) is 5.82 Å². The van der Waals surface area contributed by atoms with Crippen molar-refractivity contribution in [1.82, 2.24) is 0 Å². The SMILES string of the molecule is Nc1cc(C(=O)O)c(F)cc1NCCC(F)(F)F. The van der Waals surface area contributed by atoms with Gasteiger partial charge in [-0.05, 0) is 12.1 Å². The van der Waals surface area contributed by atoms with Gasteiger partial charge in [0.05, 0.1) is 23.4 Å². The number of carboxylic acids is 1. The van der Waals surface area contributed by atoms with E-state index >= 15 is 0 Å². The number of anilines is 2. The van der Waals surface area contributed by atoms with Gasteiger partial charge < -0.3 is 16.2 Å². The number of nitrogen functional groups attached to an aromatic ring is 1. The van der Waals surface area contributed by atoms with E-state index in [0.717, 1.165) is 12.1 Å². The Morgan fingerprint density at radius 1 is 1.39 bits per heavy atom. The van der Waals surface area contributed by atoms with Crippen molar-refractivity contribution in [2.45, 2.75) is 12.6 Å². The van der Waals surface area contributed by atoms with Crippen molar-refractivity contribution in [3.05, 3.63) is 23.5 Å². The van der Waals surface area contributed by atoms with E-state index in [-0.39, 0.29) is 11.4 Å². The third kappa shape index (κ3) is 3.79. The number of hydrogen-bond donors (Lipinski definition) is 3. The maximum atomic E-state index is 13.2. The van der Waals surface area contributed by atoms with Crippen LogP contribution in [0.3, 0.4) is 0 Å². The van der Waals surface area contributed by atoms with Crippen molar-refractivity contribution in [1.29, 1.82) is 0 Å². The third-order valence-corrected chi connectivity index (χ3v) is 2.09. The summed E-state index contributed by atoms with van der Waals surface area (Å²) in [4.78, 5) is 10.6. The Morgan fingerprint density at radius 2 is 2.00 bits per heavy atom. The predicted molar refractivity (Wildman–Crippen MR) is 56.9 cm³/mol. The molecule has 4 nitrogen and oxygen atoms in total. The lowest BCUT2D eigenvalue weighted by Crippen LogP contribution is -2.15. The first-order valence-electron chi connectivity index (χ1n) is 4.83. The smallest absolute Gasteiger partial charge is 0.390 e. The molecule has 0 aliphatic heterocycles. The van der Waals surface area contributed by atoms with Crippen LogP contribution in [0.5, 0.6) is 0 Å². The number of nitrogens with two attached hydrogens (primary N) is 1. The molecule has 0 bridgehead atoms. The molecule has 0 aliphatic rings. The van der Waals surface area contributed by atoms with E-state index in [2.05, 4.69) is 5.32 Å². The van der Waals surface area contributed by atoms with Crippen LogP contribution in [-0.4, -0.2) is 23.8 Å². The van der Waals surface area contributed by atoms with Crippen LogP contribution in [0.4, 0.5) is 28.9 Å². The molecule has 1 aromatic carbocycles. The van der Waals surface area contributed by atoms with Crippen molar-refractivity contribution in [2.75, 3.05) is 17.6 Å². The summed E-state index contributed by atoms with van der Waals surface area (Å²) in [6, 6.07) is 1.61. The highest BCUT2D eigenvalue weighted by atomic mass is 19.4. The van der Waals surface area contributed by atoms with E-state index in [0.29, 0.717) is 0 Å². The van der Waals surface area contributed by atoms with Crippen LogP contribution < -0.4 is 11.1 Å². The number of nitrogens with one attached hydrogen (secondary N) is 1. The molecule has 1 rings (SSSR count). The van der Waals surface area contributed by atoms with E-state index in [1.54, 1.807) is 0 Å². The van der Waals surface area contributed by atoms with Crippen molar-refractivity contribution in [3.63, 3.8) is 0 Å². The molecule has 0 spiro atoms. The number of rotatable bonds is 4. The maximum Gasteiger partial charge on any atom is 0.390 e. The van der Waals surface area contributed by atoms with Crippen LogP contribution in [0.15, 0.2) is 12.1 Å². The second kappa shape index (κ2) is 5.11. The summed E-state index contributed by atoms with van der Waals surface area (Å²) in [6.07, 6.45) is -5.43. The van der Waals surface area contributed by atoms with Crippen molar-refractivity contribution in [2.24, 2.45) is 0 Å². The number of aromatic carboxylic acids is 1. The first kappa shape index (κ1) is 14.1. The molecule has 0 heterocycles. The first-order valence-corrected chi connectivity index (χ1v) is 4.83. The molecular weight excluding hydrogens is 256 g/mol. The first-order chi connectivity index (χ1) is 8.20. The highest BCUT2D eigenvalue weighted by Crippen LogP contribution is 2.24. The molecular formula is C10H10F4N2O2. The second-order valence-electron chi connectivity index (χ2n) is 3.52. The molecule has 100 valence electrons. The quantitative estimate of drug-likeness (QED) is 0.578. The Hall–Kier alpha value is -1.99. The number of hydrogen-bond acceptors (Lipinski definition) is 3. The molecule has 0 aromatic heterocycles. The van der Waals surface area contributed by atoms with E-state index in [9.17, 15) is 22.4 Å². The standard InChI is InChI=1S/C10H10F4N2O2/c11-6-4-8(16-2-1-10(12,13)14)7(15)3-5(6)9(17)18/h3-4,16H,1-2,15H2,(H,17,18). The van der Waals surface area contributed by atoms with Gasteiger partial charge in [-0.15, -0.1) is 0 Å². The van der Waals surface area contributed by atoms with E-state index in [4.69, 9.17) is 10.8 Å². The Kier molecular flexibility index (Phi) is 4.00. The lowest BCUT2D eigenvalue weighted by Gasteiger charge is -2.12. The highest BCUT2D eigenvalue weighted by molar-refractivity contribution is 5.90. The molecule has 1 aromatic rings. The Labute approximate surface area is 99.4 Å². The molecule has 0 aliphatic carbocycles. The van der Waals surface area contributed by atoms with Gasteiger partial charge in [-0.3, -0.25) is 0 Å². The van der Waals surface area contributed by atoms with Crippen LogP contribution in [-0.2, 0) is 0 Å². The summed E-state index contributed by atoms with van der Waals surface area (Å²) in [7, 11) is 0. The Bertz CT molecular complexity index is 460. The zero-order valence-corrected chi connectivity index (χ0v) is 9.01. The van der Waals surface area contributed by atoms with E-state index in [1.807, 2.05) is 0 Å². The van der Waals surface area contributed by atoms with Gasteiger partial charge in [0.2, 0.25) is 0 Å². The van der Waals surface area contributed by atoms with Crippen LogP contribution in [0.1, 0.15) is 16.8 Å². The van der Waals surface area contributed by atoms with Crippen LogP contribution in [0.25, 0.3) is 0 Å². The van der Waals surface area contributed by atoms with Gasteiger partial charge in [0, 0.05) is 6.54 Å². The molecule has 18 heavy (non-hydrogen) atoms. The number of alkyl halides is 3. The minimum absolute atomic E-state index is 0.0678. The van der Waals surface area contributed by atoms with Gasteiger partial charge in [-0.2, -0.15) is 13.2 Å². The lowest BCUT2D eigenvalue weighted by molar-refractivity contribution is -0.131. The predicted octanol–water partition coefficient (Wildman–Crippen LogP) is 2.47. The Balaban J connectivity index is 2.79. The van der Waals surface area contributed by atoms with Crippen molar-refractivity contribution >= 4 is 17.3 Å². The molecule has 0 fully saturated rings. The number of benzene rings is 1. The van der Waals surface area contributed by atoms with E-state index < -0.39 is 36.5 Å². The second-order valence-corrected chi connectivity index (χ2v) is 3.52. The summed E-state index contributed by atoms with van der Waals surface area (Å²) < 4.78 is 48.9. The average molecular weight is 266 g/mol. The van der Waals surface area contributed by atoms with Gasteiger partial charge in [0.25, 0.3) is 0 Å². The summed E-state index contributed by atoms with van der Waals surface area (Å²) in [5, 5.41) is 10.9. The van der Waals surface area contributed by atoms with Gasteiger partial charge in [0.1, 0.15) is 5.82 Å². The molecule has 0 unspecified atom stereocenters. The fourth-order valence-electron chi connectivity index (χ4n) is 1.25. The van der Waals surface area contributed by atoms with Crippen molar-refractivity contribution in [3.8, 4) is 0 Å². The topological polar surface area (TPSA) is 75.4 Å². The summed E-state index contributed by atoms with van der Waals surface area (Å²) in [5.41, 5.74) is 4.58. The summed E-state index contributed by atoms with van der Waals surface area (Å²) in [6.45, 7) is -0.473. The minimum Gasteiger partial charge on any atom is -0.478 e. The fraction of sp³-hybridized carbons (Fsp3) is 0.300. The maximum absolute atomic E-state index is 13.2. The van der Waals surface area contributed by atoms with Gasteiger partial charge in [-0.1, -0.05) is 0 Å². The normalized spacial score (nSPS) is 11.3. The van der Waals surface area contributed by atoms with Gasteiger partial charge in [-0.25, -0.2) is 9.18 Å². The van der Waals surface area contributed by atoms with Crippen LogP contribution >= 0.6 is 0 Å². The number of carbonyl (C=O) groups is 1. The van der Waals surface area contributed by atoms with Crippen molar-refractivity contribution < 1.29 is 27.5 Å². The van der Waals surface area contributed by atoms with Gasteiger partial charge >= 0.3 is 12.1 Å². The molecule has 0 amide bonds. The number of halogens is 4. The largest absolute Gasteiger partial charge is 0.478 e. The van der Waals surface area contributed by atoms with E-state index in [1.165, 1.54) is 0 Å². The summed E-state index contributed by atoms with van der Waals surface area (Å²) >= 11 is 0. The highest BCUT2D eigenvalue weighted by Gasteiger charge is 2.26. The molecule has 0 radical (unpaired) electrons. The third-order valence-electron chi connectivity index (χ3n) is 2.09. The van der Waals surface area contributed by atoms with Crippen LogP contribution in [0.2, 0.25) is 0 Å². The Morgan fingerprint density at radius 3 is 2.50 bits per heavy atom. The minimum atomic E-state index is -4.33. The fourth-order valence-corrected chi connectivity index (χ4v) is 1.25. The zero-order chi connectivity index (χ0) is 13.9. The summed E-state index contributed by atoms with van der Waals surface area (Å²) in [5.74, 6) is -2.56. The lowest BCUT2D eigenvalue weighted by atomic mass is 10.1. The molecule has 0 atom stereocenters. The monoisotopic (exact) mass is 266 g/mol. The number of carboxylic acid groups (broad SMARTS) is 1. The zero-order valence-electron chi connectivity index (χ0n) is 9.01. The molecule has 4 N–H and O–H groups in total. The molecule has 0 saturated heterocycles. The molecule has 0 saturated carbocycles. The average Bonchev–Trinajstić information content (AvgIpc) is 2.20. The van der Waals surface area contributed by atoms with Gasteiger partial charge in [0.15, 0.2) is 0 Å². The molecule has 8 heteroatoms.